The minimum atomic E-state index is -4.38. The quantitative estimate of drug-likeness (QED) is 0.0375. The van der Waals surface area contributed by atoms with Gasteiger partial charge in [0.25, 0.3) is 0 Å². The third-order valence-electron chi connectivity index (χ3n) is 22.8. The van der Waals surface area contributed by atoms with Gasteiger partial charge in [0.05, 0.1) is 117 Å². The smallest absolute Gasteiger partial charge is 0.346 e. The fourth-order valence-electron chi connectivity index (χ4n) is 15.8. The van der Waals surface area contributed by atoms with Gasteiger partial charge in [-0.3, -0.25) is 19.6 Å². The molecule has 678 valence electrons. The van der Waals surface area contributed by atoms with Crippen LogP contribution in [0.25, 0.3) is 22.7 Å². The summed E-state index contributed by atoms with van der Waals surface area (Å²) in [5.41, 5.74) is 5.76. The molecule has 32 nitrogen and oxygen atoms in total. The molecule has 16 rings (SSSR count). The summed E-state index contributed by atoms with van der Waals surface area (Å²) in [5, 5.41) is 17.9. The zero-order valence-corrected chi connectivity index (χ0v) is 76.6. The number of halogens is 6. The van der Waals surface area contributed by atoms with Gasteiger partial charge in [0.2, 0.25) is 23.8 Å². The van der Waals surface area contributed by atoms with Crippen molar-refractivity contribution in [1.82, 2.24) is 98.1 Å². The van der Waals surface area contributed by atoms with Gasteiger partial charge in [0.1, 0.15) is 23.3 Å². The summed E-state index contributed by atoms with van der Waals surface area (Å²) in [4.78, 5) is 115. The largest absolute Gasteiger partial charge is 0.416 e. The highest BCUT2D eigenvalue weighted by Crippen LogP contribution is 2.37. The maximum Gasteiger partial charge on any atom is 0.416 e. The van der Waals surface area contributed by atoms with Crippen molar-refractivity contribution >= 4 is 106 Å². The van der Waals surface area contributed by atoms with Crippen LogP contribution in [0.4, 0.5) is 79.4 Å². The number of nitrogens with zero attached hydrogens (tertiary/aromatic N) is 23. The van der Waals surface area contributed by atoms with Crippen molar-refractivity contribution in [3.8, 4) is 22.7 Å². The summed E-state index contributed by atoms with van der Waals surface area (Å²) in [7, 11) is 3.67. The third-order valence-corrected chi connectivity index (χ3v) is 23.6. The Kier molecular flexibility index (Phi) is 27.0. The molecule has 4 aliphatic rings. The fourth-order valence-corrected chi connectivity index (χ4v) is 16.2. The first kappa shape index (κ1) is 86.7. The Morgan fingerprint density at radius 1 is 0.403 bits per heavy atom. The van der Waals surface area contributed by atoms with Crippen LogP contribution in [0.2, 0.25) is 15.1 Å². The Morgan fingerprint density at radius 3 is 0.984 bits per heavy atom. The lowest BCUT2D eigenvalue weighted by atomic mass is 9.97. The maximum absolute atomic E-state index is 13.1. The number of hydrogen-bond acceptors (Lipinski definition) is 20. The standard InChI is InChI=1S/2C23H28ClN7O.C23H26F3N7O.C22H26ClN7O/c2*1-14(2)21-16(4)29(5)23(32)31(21)20-10-11-25-22(28-20)27-15(3)19-12-30(13-26-19)18-8-6-17(24)7-9-18;1-13(2)20-15(4)30-22(34)33(20)19-9-10-27-21(31-19)29-14(3)18-11-32(12-28-18)17-7-5-16(6-8-17)23(24,25)26;1-14(2)19-12-28(4)22(31)30(19)20-9-10-24-21(27-20)26-15(3)18-11-29(13-25-18)17-7-5-16(23)6-8-17/h2*6-16,21H,1-5H3,(H,25,27,28);5-15,20H,1-4H3,(H,30,34)(H,27,29,31);5-11,13-15,19H,12H2,1-4H3,(H,24,26,27)/t15-,16+,21-;15-,16-,21-;14-,15+,20-;15-,19+/m0000/s1/i;;;4D3,12D2. The monoisotopic (exact) mass is 1820 g/mol. The van der Waals surface area contributed by atoms with E-state index in [0.29, 0.717) is 84.2 Å². The number of amides is 8. The Hall–Kier alpha value is -13.0. The van der Waals surface area contributed by atoms with Crippen molar-refractivity contribution in [2.45, 2.75) is 176 Å². The Bertz CT molecular complexity index is 5900. The number of urea groups is 4. The lowest BCUT2D eigenvalue weighted by molar-refractivity contribution is -0.137. The van der Waals surface area contributed by atoms with Gasteiger partial charge in [-0.15, -0.1) is 0 Å². The van der Waals surface area contributed by atoms with E-state index in [1.807, 2.05) is 142 Å². The van der Waals surface area contributed by atoms with E-state index in [-0.39, 0.29) is 96.2 Å². The average molecular weight is 1830 g/mol. The number of alkyl halides is 3. The summed E-state index contributed by atoms with van der Waals surface area (Å²) in [6, 6.07) is 31.1. The molecule has 12 aromatic rings. The topological polar surface area (TPSA) is 326 Å². The summed E-state index contributed by atoms with van der Waals surface area (Å²) in [5.74, 6) is 3.65. The first-order valence-electron chi connectivity index (χ1n) is 44.7. The van der Waals surface area contributed by atoms with Gasteiger partial charge in [-0.1, -0.05) is 90.2 Å². The van der Waals surface area contributed by atoms with E-state index in [9.17, 15) is 32.3 Å². The lowest BCUT2D eigenvalue weighted by Crippen LogP contribution is -2.40. The molecule has 4 fully saturated rings. The zero-order valence-electron chi connectivity index (χ0n) is 79.3. The number of aromatic nitrogens is 16. The summed E-state index contributed by atoms with van der Waals surface area (Å²) < 4.78 is 85.8. The van der Waals surface area contributed by atoms with Crippen molar-refractivity contribution in [2.24, 2.45) is 23.7 Å². The molecule has 0 radical (unpaired) electrons. The van der Waals surface area contributed by atoms with Crippen LogP contribution in [0, 0.1) is 23.7 Å². The van der Waals surface area contributed by atoms with Gasteiger partial charge in [-0.2, -0.15) is 33.1 Å². The number of imidazole rings is 4. The van der Waals surface area contributed by atoms with Crippen LogP contribution in [-0.2, 0) is 6.18 Å². The number of rotatable bonds is 24. The number of carbonyl (C=O) groups excluding carboxylic acids is 4. The van der Waals surface area contributed by atoms with Crippen molar-refractivity contribution in [3.63, 3.8) is 0 Å². The number of hydrogen-bond donors (Lipinski definition) is 5. The van der Waals surface area contributed by atoms with Crippen LogP contribution in [0.3, 0.4) is 0 Å². The van der Waals surface area contributed by atoms with Crippen LogP contribution in [0.5, 0.6) is 0 Å². The highest BCUT2D eigenvalue weighted by molar-refractivity contribution is 6.31. The minimum absolute atomic E-state index is 0.00744. The van der Waals surface area contributed by atoms with Crippen molar-refractivity contribution in [3.05, 3.63) is 240 Å². The molecule has 0 saturated carbocycles. The maximum atomic E-state index is 13.1. The van der Waals surface area contributed by atoms with Gasteiger partial charge < -0.3 is 59.6 Å². The number of nitrogens with one attached hydrogen (secondary N) is 5. The SMILES string of the molecule is CC(C)[C@H]1[C@@H](C)N(C)C(=O)N1c1ccnc(N[C@@H](C)c2cn(-c3ccc(Cl)cc3)cn2)n1.CC(C)[C@H]1[C@@H](C)NC(=O)N1c1ccnc(N[C@@H](C)c2cn(-c3ccc(C(F)(F)F)cc3)cn2)n1.CC(C)[C@H]1[C@H](C)N(C)C(=O)N1c1ccnc(N[C@@H](C)c2cn(-c3ccc(Cl)cc3)cn2)n1.[2H]C([2H])([2H])N1C(=O)N(c2ccnc(N[C@@H](C)c3cn(-c4ccc(Cl)cc4)cn3)n2)[C@@H](C(C)C)C1([2H])[2H]. The van der Waals surface area contributed by atoms with Crippen molar-refractivity contribution in [2.75, 3.05) is 68.4 Å². The molecule has 8 amide bonds. The molecular formula is C91H108Cl3F3N28O4. The fraction of sp³-hybridized carbons (Fsp3) is 0.385. The van der Waals surface area contributed by atoms with E-state index >= 15 is 0 Å². The minimum Gasteiger partial charge on any atom is -0.346 e. The van der Waals surface area contributed by atoms with Gasteiger partial charge in [-0.05, 0) is 193 Å². The van der Waals surface area contributed by atoms with E-state index in [0.717, 1.165) is 45.5 Å². The highest BCUT2D eigenvalue weighted by atomic mass is 35.5. The highest BCUT2D eigenvalue weighted by Gasteiger charge is 2.47. The first-order chi connectivity index (χ1) is 63.4. The molecule has 0 unspecified atom stereocenters. The second kappa shape index (κ2) is 40.1. The summed E-state index contributed by atoms with van der Waals surface area (Å²) >= 11 is 17.9. The normalized spacial score (nSPS) is 20.1. The second-order valence-electron chi connectivity index (χ2n) is 33.3. The van der Waals surface area contributed by atoms with Crippen LogP contribution in [0.15, 0.2) is 196 Å². The van der Waals surface area contributed by atoms with Gasteiger partial charge in [0.15, 0.2) is 0 Å². The molecule has 0 spiro atoms. The molecule has 12 heterocycles. The number of carbonyl (C=O) groups is 4. The molecule has 11 atom stereocenters. The van der Waals surface area contributed by atoms with Gasteiger partial charge >= 0.3 is 30.3 Å². The Labute approximate surface area is 770 Å². The molecule has 4 saturated heterocycles. The first-order valence-corrected chi connectivity index (χ1v) is 43.3. The molecule has 129 heavy (non-hydrogen) atoms. The van der Waals surface area contributed by atoms with E-state index in [1.54, 1.807) is 117 Å². The van der Waals surface area contributed by atoms with Gasteiger partial charge in [-0.25, -0.2) is 59.0 Å². The van der Waals surface area contributed by atoms with Crippen molar-refractivity contribution < 1.29 is 39.2 Å². The molecule has 8 aromatic heterocycles. The molecular weight excluding hydrogens is 1710 g/mol. The van der Waals surface area contributed by atoms with Crippen LogP contribution >= 0.6 is 34.8 Å². The van der Waals surface area contributed by atoms with Crippen LogP contribution in [-0.4, -0.2) is 187 Å². The Balaban J connectivity index is 0.000000152. The third kappa shape index (κ3) is 21.5. The van der Waals surface area contributed by atoms with E-state index < -0.39 is 43.2 Å². The summed E-state index contributed by atoms with van der Waals surface area (Å²) in [6.07, 6.45) is 16.2. The molecule has 0 bridgehead atoms. The second-order valence-corrected chi connectivity index (χ2v) is 34.7. The zero-order chi connectivity index (χ0) is 97.0. The average Bonchev–Trinajstić information content (AvgIpc) is 1.57. The molecule has 0 aliphatic carbocycles. The van der Waals surface area contributed by atoms with E-state index in [2.05, 4.69) is 142 Å². The molecule has 5 N–H and O–H groups in total. The number of likely N-dealkylation sites (N-methyl/N-ethyl adjacent to an activating group) is 3. The lowest BCUT2D eigenvalue weighted by Gasteiger charge is -2.28. The summed E-state index contributed by atoms with van der Waals surface area (Å²) in [6.45, 7) is 24.5. The molecule has 38 heteroatoms. The van der Waals surface area contributed by atoms with Crippen molar-refractivity contribution in [1.29, 1.82) is 0 Å². The molecule has 4 aliphatic heterocycles. The number of benzene rings is 4. The Morgan fingerprint density at radius 2 is 0.698 bits per heavy atom. The van der Waals surface area contributed by atoms with Crippen LogP contribution in [0.1, 0.15) is 163 Å². The van der Waals surface area contributed by atoms with E-state index in [4.69, 9.17) is 41.7 Å². The number of anilines is 8. The molecule has 4 aromatic carbocycles. The predicted octanol–water partition coefficient (Wildman–Crippen LogP) is 18.7. The van der Waals surface area contributed by atoms with Gasteiger partial charge in [0, 0.05) is 125 Å². The predicted molar refractivity (Wildman–Crippen MR) is 496 cm³/mol. The van der Waals surface area contributed by atoms with Crippen LogP contribution < -0.4 is 46.2 Å². The van der Waals surface area contributed by atoms with E-state index in [1.165, 1.54) is 30.7 Å².